The Morgan fingerprint density at radius 1 is 1.55 bits per heavy atom. The molecule has 0 bridgehead atoms. The van der Waals surface area contributed by atoms with Crippen LogP contribution in [0.15, 0.2) is 0 Å². The molecule has 0 atom stereocenters. The van der Waals surface area contributed by atoms with E-state index >= 15 is 0 Å². The van der Waals surface area contributed by atoms with E-state index < -0.39 is 0 Å². The second kappa shape index (κ2) is 3.61. The van der Waals surface area contributed by atoms with Crippen molar-refractivity contribution in [1.82, 2.24) is 0 Å². The molecule has 0 unspecified atom stereocenters. The molecule has 0 amide bonds. The normalized spacial score (nSPS) is 19.8. The van der Waals surface area contributed by atoms with E-state index in [-0.39, 0.29) is 5.41 Å². The molecule has 1 aliphatic carbocycles. The van der Waals surface area contributed by atoms with Crippen LogP contribution in [0.4, 0.5) is 0 Å². The van der Waals surface area contributed by atoms with Crippen molar-refractivity contribution in [3.63, 3.8) is 0 Å². The zero-order chi connectivity index (χ0) is 8.32. The van der Waals surface area contributed by atoms with E-state index in [2.05, 4.69) is 6.26 Å². The third-order valence-corrected chi connectivity index (χ3v) is 3.30. The Bertz CT molecular complexity index is 150. The van der Waals surface area contributed by atoms with Crippen LogP contribution in [0.5, 0.6) is 0 Å². The summed E-state index contributed by atoms with van der Waals surface area (Å²) >= 11 is 1.87. The second-order valence-corrected chi connectivity index (χ2v) is 4.42. The highest BCUT2D eigenvalue weighted by atomic mass is 32.2. The van der Waals surface area contributed by atoms with E-state index in [1.807, 2.05) is 11.8 Å². The van der Waals surface area contributed by atoms with Gasteiger partial charge in [0.15, 0.2) is 0 Å². The van der Waals surface area contributed by atoms with Gasteiger partial charge in [-0.15, -0.1) is 0 Å². The van der Waals surface area contributed by atoms with E-state index in [0.29, 0.717) is 5.78 Å². The zero-order valence-corrected chi connectivity index (χ0v) is 8.17. The molecule has 0 saturated heterocycles. The van der Waals surface area contributed by atoms with Crippen LogP contribution in [0.2, 0.25) is 0 Å². The van der Waals surface area contributed by atoms with Crippen molar-refractivity contribution in [2.45, 2.75) is 32.6 Å². The van der Waals surface area contributed by atoms with Crippen LogP contribution in [-0.4, -0.2) is 17.8 Å². The van der Waals surface area contributed by atoms with Gasteiger partial charge in [-0.2, -0.15) is 11.8 Å². The first-order valence-electron chi connectivity index (χ1n) is 4.21. The predicted octanol–water partition coefficient (Wildman–Crippen LogP) is 2.50. The van der Waals surface area contributed by atoms with Gasteiger partial charge in [-0.1, -0.05) is 0 Å². The lowest BCUT2D eigenvalue weighted by atomic mass is 9.96. The summed E-state index contributed by atoms with van der Waals surface area (Å²) in [7, 11) is 0. The smallest absolute Gasteiger partial charge is 0.135 e. The van der Waals surface area contributed by atoms with Crippen LogP contribution < -0.4 is 0 Å². The summed E-state index contributed by atoms with van der Waals surface area (Å²) in [6, 6.07) is 0. The number of thioether (sulfide) groups is 1. The van der Waals surface area contributed by atoms with Crippen LogP contribution in [0.1, 0.15) is 32.6 Å². The van der Waals surface area contributed by atoms with Crippen LogP contribution in [0.25, 0.3) is 0 Å². The summed E-state index contributed by atoms with van der Waals surface area (Å²) in [5.74, 6) is 1.62. The molecule has 1 aliphatic rings. The van der Waals surface area contributed by atoms with Gasteiger partial charge in [0.05, 0.1) is 0 Å². The van der Waals surface area contributed by atoms with Gasteiger partial charge in [0.2, 0.25) is 0 Å². The van der Waals surface area contributed by atoms with Gasteiger partial charge in [-0.05, 0) is 44.6 Å². The van der Waals surface area contributed by atoms with Gasteiger partial charge in [0.25, 0.3) is 0 Å². The van der Waals surface area contributed by atoms with Crippen LogP contribution in [-0.2, 0) is 4.79 Å². The summed E-state index contributed by atoms with van der Waals surface area (Å²) in [5, 5.41) is 0. The minimum absolute atomic E-state index is 0.149. The van der Waals surface area contributed by atoms with Crippen LogP contribution >= 0.6 is 11.8 Å². The molecule has 0 spiro atoms. The number of carbonyl (C=O) groups excluding carboxylic acids is 1. The number of carbonyl (C=O) groups is 1. The van der Waals surface area contributed by atoms with Crippen molar-refractivity contribution < 1.29 is 4.79 Å². The maximum Gasteiger partial charge on any atom is 0.135 e. The predicted molar refractivity (Wildman–Crippen MR) is 50.0 cm³/mol. The zero-order valence-electron chi connectivity index (χ0n) is 7.35. The van der Waals surface area contributed by atoms with Gasteiger partial charge in [0, 0.05) is 5.41 Å². The van der Waals surface area contributed by atoms with Crippen LogP contribution in [0.3, 0.4) is 0 Å². The lowest BCUT2D eigenvalue weighted by Gasteiger charge is -2.09. The van der Waals surface area contributed by atoms with E-state index in [0.717, 1.165) is 19.3 Å². The minimum Gasteiger partial charge on any atom is -0.299 e. The number of rotatable bonds is 5. The van der Waals surface area contributed by atoms with Gasteiger partial charge in [-0.3, -0.25) is 4.79 Å². The monoisotopic (exact) mass is 172 g/mol. The summed E-state index contributed by atoms with van der Waals surface area (Å²) in [6.07, 6.45) is 6.75. The summed E-state index contributed by atoms with van der Waals surface area (Å²) in [6.45, 7) is 1.74. The van der Waals surface area contributed by atoms with Crippen molar-refractivity contribution in [2.24, 2.45) is 5.41 Å². The standard InChI is InChI=1S/C9H16OS/c1-8(10)9(5-6-9)4-3-7-11-2/h3-7H2,1-2H3. The summed E-state index contributed by atoms with van der Waals surface area (Å²) < 4.78 is 0. The van der Waals surface area contributed by atoms with Gasteiger partial charge < -0.3 is 0 Å². The maximum absolute atomic E-state index is 11.1. The lowest BCUT2D eigenvalue weighted by molar-refractivity contribution is -0.122. The molecular formula is C9H16OS. The molecule has 1 fully saturated rings. The molecule has 0 aromatic rings. The fraction of sp³-hybridized carbons (Fsp3) is 0.889. The van der Waals surface area contributed by atoms with Gasteiger partial charge in [0.1, 0.15) is 5.78 Å². The Labute approximate surface area is 72.9 Å². The fourth-order valence-electron chi connectivity index (χ4n) is 1.48. The van der Waals surface area contributed by atoms with Crippen molar-refractivity contribution in [3.05, 3.63) is 0 Å². The second-order valence-electron chi connectivity index (χ2n) is 3.43. The van der Waals surface area contributed by atoms with E-state index in [4.69, 9.17) is 0 Å². The lowest BCUT2D eigenvalue weighted by Crippen LogP contribution is -2.11. The van der Waals surface area contributed by atoms with Crippen molar-refractivity contribution in [1.29, 1.82) is 0 Å². The Balaban J connectivity index is 2.20. The molecule has 0 aromatic carbocycles. The van der Waals surface area contributed by atoms with Crippen molar-refractivity contribution in [3.8, 4) is 0 Å². The number of hydrogen-bond acceptors (Lipinski definition) is 2. The molecule has 2 heteroatoms. The molecule has 0 aromatic heterocycles. The largest absolute Gasteiger partial charge is 0.299 e. The van der Waals surface area contributed by atoms with Crippen molar-refractivity contribution in [2.75, 3.05) is 12.0 Å². The minimum atomic E-state index is 0.149. The first kappa shape index (κ1) is 9.11. The quantitative estimate of drug-likeness (QED) is 0.593. The number of Topliss-reactive ketones (excluding diaryl/α,β-unsaturated/α-hetero) is 1. The van der Waals surface area contributed by atoms with Gasteiger partial charge >= 0.3 is 0 Å². The molecule has 1 nitrogen and oxygen atoms in total. The molecular weight excluding hydrogens is 156 g/mol. The molecule has 64 valence electrons. The topological polar surface area (TPSA) is 17.1 Å². The van der Waals surface area contributed by atoms with E-state index in [1.165, 1.54) is 12.2 Å². The summed E-state index contributed by atoms with van der Waals surface area (Å²) in [4.78, 5) is 11.1. The Morgan fingerprint density at radius 3 is 2.55 bits per heavy atom. The Morgan fingerprint density at radius 2 is 2.18 bits per heavy atom. The van der Waals surface area contributed by atoms with Crippen LogP contribution in [0, 0.1) is 5.41 Å². The maximum atomic E-state index is 11.1. The highest BCUT2D eigenvalue weighted by Gasteiger charge is 2.45. The fourth-order valence-corrected chi connectivity index (χ4v) is 1.92. The molecule has 0 aliphatic heterocycles. The molecule has 11 heavy (non-hydrogen) atoms. The third-order valence-electron chi connectivity index (χ3n) is 2.60. The molecule has 0 radical (unpaired) electrons. The van der Waals surface area contributed by atoms with E-state index in [9.17, 15) is 4.79 Å². The average molecular weight is 172 g/mol. The number of ketones is 1. The molecule has 1 rings (SSSR count). The highest BCUT2D eigenvalue weighted by Crippen LogP contribution is 2.50. The first-order chi connectivity index (χ1) is 5.21. The number of hydrogen-bond donors (Lipinski definition) is 0. The highest BCUT2D eigenvalue weighted by molar-refractivity contribution is 7.98. The average Bonchev–Trinajstić information content (AvgIpc) is 2.70. The molecule has 0 heterocycles. The van der Waals surface area contributed by atoms with Gasteiger partial charge in [-0.25, -0.2) is 0 Å². The Kier molecular flexibility index (Phi) is 2.99. The molecule has 0 N–H and O–H groups in total. The third kappa shape index (κ3) is 2.22. The first-order valence-corrected chi connectivity index (χ1v) is 5.61. The van der Waals surface area contributed by atoms with E-state index in [1.54, 1.807) is 6.92 Å². The van der Waals surface area contributed by atoms with Crippen molar-refractivity contribution >= 4 is 17.5 Å². The molecule has 1 saturated carbocycles. The summed E-state index contributed by atoms with van der Waals surface area (Å²) in [5.41, 5.74) is 0.149. The SMILES string of the molecule is CSCCCC1(C(C)=O)CC1. The Hall–Kier alpha value is 0.0200.